The Hall–Kier alpha value is -2.61. The molecule has 0 N–H and O–H groups in total. The minimum Gasteiger partial charge on any atom is -0.451 e. The lowest BCUT2D eigenvalue weighted by Gasteiger charge is -2.23. The number of rotatable bonds is 4. The van der Waals surface area contributed by atoms with Gasteiger partial charge in [-0.3, -0.25) is 0 Å². The van der Waals surface area contributed by atoms with Gasteiger partial charge in [-0.2, -0.15) is 0 Å². The van der Waals surface area contributed by atoms with Crippen molar-refractivity contribution in [3.05, 3.63) is 95.1 Å². The largest absolute Gasteiger partial charge is 0.451 e. The lowest BCUT2D eigenvalue weighted by Crippen LogP contribution is -2.23. The molecule has 0 atom stereocenters. The van der Waals surface area contributed by atoms with Gasteiger partial charge in [-0.05, 0) is 31.9 Å². The molecule has 3 rings (SSSR count). The summed E-state index contributed by atoms with van der Waals surface area (Å²) in [7, 11) is 0. The molecule has 1 aliphatic rings. The molecule has 1 aliphatic heterocycles. The lowest BCUT2D eigenvalue weighted by molar-refractivity contribution is -0.144. The highest BCUT2D eigenvalue weighted by Crippen LogP contribution is 2.44. The molecule has 2 heteroatoms. The van der Waals surface area contributed by atoms with Crippen molar-refractivity contribution in [2.75, 3.05) is 0 Å². The molecule has 0 radical (unpaired) electrons. The molecule has 0 fully saturated rings. The minimum atomic E-state index is -0.653. The Kier molecular flexibility index (Phi) is 4.15. The normalized spacial score (nSPS) is 16.4. The van der Waals surface area contributed by atoms with Gasteiger partial charge < -0.3 is 4.74 Å². The van der Waals surface area contributed by atoms with E-state index in [1.165, 1.54) is 0 Å². The number of hydrogen-bond donors (Lipinski definition) is 0. The van der Waals surface area contributed by atoms with E-state index in [2.05, 4.69) is 30.8 Å². The van der Waals surface area contributed by atoms with E-state index in [9.17, 15) is 4.79 Å². The number of hydrogen-bond acceptors (Lipinski definition) is 2. The third-order valence-electron chi connectivity index (χ3n) is 4.42. The number of esters is 1. The summed E-state index contributed by atoms with van der Waals surface area (Å²) in [4.78, 5) is 12.8. The maximum absolute atomic E-state index is 12.8. The molecular weight excluding hydrogens is 296 g/mol. The van der Waals surface area contributed by atoms with Gasteiger partial charge in [0.05, 0.1) is 5.57 Å². The van der Waals surface area contributed by atoms with Crippen molar-refractivity contribution in [3.8, 4) is 0 Å². The second kappa shape index (κ2) is 6.12. The Morgan fingerprint density at radius 1 is 0.958 bits per heavy atom. The fourth-order valence-electron chi connectivity index (χ4n) is 3.59. The molecule has 1 heterocycles. The van der Waals surface area contributed by atoms with Crippen LogP contribution in [0.1, 0.15) is 37.8 Å². The van der Waals surface area contributed by atoms with Crippen LogP contribution >= 0.6 is 0 Å². The summed E-state index contributed by atoms with van der Waals surface area (Å²) < 4.78 is 5.69. The molecule has 0 amide bonds. The number of cyclic esters (lactones) is 1. The number of ether oxygens (including phenoxy) is 1. The van der Waals surface area contributed by atoms with Gasteiger partial charge in [0.15, 0.2) is 0 Å². The highest BCUT2D eigenvalue weighted by atomic mass is 16.6. The average Bonchev–Trinajstić information content (AvgIpc) is 2.79. The van der Waals surface area contributed by atoms with Gasteiger partial charge in [-0.1, -0.05) is 72.8 Å². The Morgan fingerprint density at radius 2 is 1.42 bits per heavy atom. The highest BCUT2D eigenvalue weighted by molar-refractivity contribution is 5.96. The van der Waals surface area contributed by atoms with E-state index in [0.29, 0.717) is 5.57 Å². The van der Waals surface area contributed by atoms with Crippen LogP contribution in [0.4, 0.5) is 0 Å². The number of carbonyl (C=O) groups is 1. The zero-order valence-corrected chi connectivity index (χ0v) is 14.4. The molecule has 122 valence electrons. The summed E-state index contributed by atoms with van der Waals surface area (Å²) >= 11 is 0. The Balaban J connectivity index is 2.28. The van der Waals surface area contributed by atoms with E-state index in [1.807, 2.05) is 57.2 Å². The van der Waals surface area contributed by atoms with Crippen LogP contribution in [0.25, 0.3) is 0 Å². The van der Waals surface area contributed by atoms with Crippen LogP contribution in [0.3, 0.4) is 0 Å². The zero-order valence-electron chi connectivity index (χ0n) is 14.4. The number of benzene rings is 2. The molecule has 0 unspecified atom stereocenters. The molecule has 0 saturated carbocycles. The third kappa shape index (κ3) is 2.80. The summed E-state index contributed by atoms with van der Waals surface area (Å²) in [5.74, 6) is -0.413. The topological polar surface area (TPSA) is 26.3 Å². The van der Waals surface area contributed by atoms with Crippen molar-refractivity contribution in [2.45, 2.75) is 32.3 Å². The summed E-state index contributed by atoms with van der Waals surface area (Å²) in [6.45, 7) is 9.88. The SMILES string of the molecule is C=C(C)C1=C(C(c2ccccc2)c2ccccc2)C(=O)OC1(C)C. The van der Waals surface area contributed by atoms with E-state index in [4.69, 9.17) is 4.74 Å². The van der Waals surface area contributed by atoms with Crippen LogP contribution in [0.5, 0.6) is 0 Å². The number of carbonyl (C=O) groups excluding carboxylic acids is 1. The van der Waals surface area contributed by atoms with Crippen LogP contribution in [-0.4, -0.2) is 11.6 Å². The quantitative estimate of drug-likeness (QED) is 0.739. The Bertz CT molecular complexity index is 759. The molecule has 2 aromatic rings. The zero-order chi connectivity index (χ0) is 17.3. The Labute approximate surface area is 143 Å². The molecule has 0 aliphatic carbocycles. The predicted molar refractivity (Wildman–Crippen MR) is 96.7 cm³/mol. The van der Waals surface area contributed by atoms with Crippen molar-refractivity contribution in [3.63, 3.8) is 0 Å². The van der Waals surface area contributed by atoms with Crippen LogP contribution in [0.2, 0.25) is 0 Å². The molecule has 24 heavy (non-hydrogen) atoms. The molecule has 0 saturated heterocycles. The highest BCUT2D eigenvalue weighted by Gasteiger charge is 2.44. The second-order valence-electron chi connectivity index (χ2n) is 6.72. The maximum Gasteiger partial charge on any atom is 0.336 e. The van der Waals surface area contributed by atoms with Crippen LogP contribution < -0.4 is 0 Å². The van der Waals surface area contributed by atoms with Gasteiger partial charge in [0.25, 0.3) is 0 Å². The molecule has 0 spiro atoms. The first-order valence-electron chi connectivity index (χ1n) is 8.15. The van der Waals surface area contributed by atoms with Gasteiger partial charge in [0.2, 0.25) is 0 Å². The van der Waals surface area contributed by atoms with Crippen LogP contribution in [0.15, 0.2) is 84.0 Å². The summed E-state index contributed by atoms with van der Waals surface area (Å²) in [6.07, 6.45) is 0. The molecule has 0 aromatic heterocycles. The van der Waals surface area contributed by atoms with Crippen molar-refractivity contribution < 1.29 is 9.53 Å². The summed E-state index contributed by atoms with van der Waals surface area (Å²) in [5, 5.41) is 0. The fourth-order valence-corrected chi connectivity index (χ4v) is 3.59. The van der Waals surface area contributed by atoms with Crippen molar-refractivity contribution in [1.29, 1.82) is 0 Å². The van der Waals surface area contributed by atoms with Crippen LogP contribution in [-0.2, 0) is 9.53 Å². The van der Waals surface area contributed by atoms with Crippen molar-refractivity contribution in [1.82, 2.24) is 0 Å². The lowest BCUT2D eigenvalue weighted by atomic mass is 9.79. The van der Waals surface area contributed by atoms with E-state index >= 15 is 0 Å². The van der Waals surface area contributed by atoms with Gasteiger partial charge in [-0.25, -0.2) is 4.79 Å². The summed E-state index contributed by atoms with van der Waals surface area (Å²) in [5.41, 5.74) is 3.98. The second-order valence-corrected chi connectivity index (χ2v) is 6.72. The van der Waals surface area contributed by atoms with E-state index in [1.54, 1.807) is 0 Å². The van der Waals surface area contributed by atoms with E-state index in [-0.39, 0.29) is 11.9 Å². The first-order valence-corrected chi connectivity index (χ1v) is 8.15. The molecule has 0 bridgehead atoms. The monoisotopic (exact) mass is 318 g/mol. The molecule has 2 aromatic carbocycles. The van der Waals surface area contributed by atoms with E-state index < -0.39 is 5.60 Å². The maximum atomic E-state index is 12.8. The van der Waals surface area contributed by atoms with Gasteiger partial charge in [0.1, 0.15) is 5.60 Å². The smallest absolute Gasteiger partial charge is 0.336 e. The average molecular weight is 318 g/mol. The van der Waals surface area contributed by atoms with Gasteiger partial charge in [0, 0.05) is 11.5 Å². The minimum absolute atomic E-state index is 0.159. The third-order valence-corrected chi connectivity index (χ3v) is 4.42. The van der Waals surface area contributed by atoms with Crippen molar-refractivity contribution in [2.24, 2.45) is 0 Å². The van der Waals surface area contributed by atoms with E-state index in [0.717, 1.165) is 22.3 Å². The molecule has 2 nitrogen and oxygen atoms in total. The van der Waals surface area contributed by atoms with Gasteiger partial charge >= 0.3 is 5.97 Å². The summed E-state index contributed by atoms with van der Waals surface area (Å²) in [6, 6.07) is 20.2. The standard InChI is InChI=1S/C22H22O2/c1-15(2)20-19(21(23)24-22(20,3)4)18(16-11-7-5-8-12-16)17-13-9-6-10-14-17/h5-14,18H,1H2,2-4H3. The fraction of sp³-hybridized carbons (Fsp3) is 0.227. The van der Waals surface area contributed by atoms with Crippen molar-refractivity contribution >= 4 is 5.97 Å². The first-order chi connectivity index (χ1) is 11.4. The van der Waals surface area contributed by atoms with Crippen LogP contribution in [0, 0.1) is 0 Å². The first kappa shape index (κ1) is 16.3. The Morgan fingerprint density at radius 3 is 1.83 bits per heavy atom. The predicted octanol–water partition coefficient (Wildman–Crippen LogP) is 5.03. The molecular formula is C22H22O2. The van der Waals surface area contributed by atoms with Gasteiger partial charge in [-0.15, -0.1) is 0 Å².